The Hall–Kier alpha value is -1.29. The summed E-state index contributed by atoms with van der Waals surface area (Å²) >= 11 is 1.79. The van der Waals surface area contributed by atoms with Crippen molar-refractivity contribution in [3.8, 4) is 0 Å². The second kappa shape index (κ2) is 6.00. The monoisotopic (exact) mass is 289 g/mol. The summed E-state index contributed by atoms with van der Waals surface area (Å²) in [5.41, 5.74) is 1.14. The van der Waals surface area contributed by atoms with Crippen molar-refractivity contribution in [2.45, 2.75) is 48.8 Å². The van der Waals surface area contributed by atoms with Crippen molar-refractivity contribution in [1.29, 1.82) is 0 Å². The van der Waals surface area contributed by atoms with Gasteiger partial charge in [0.25, 0.3) is 0 Å². The number of carboxylic acids is 1. The van der Waals surface area contributed by atoms with Crippen molar-refractivity contribution < 1.29 is 9.90 Å². The van der Waals surface area contributed by atoms with E-state index in [9.17, 15) is 9.90 Å². The summed E-state index contributed by atoms with van der Waals surface area (Å²) in [5, 5.41) is 11.1. The SMILES string of the molecule is O=C(O)C(=CC1CCCC1)c1ccc(SC2CC2)nc1. The van der Waals surface area contributed by atoms with Crippen LogP contribution in [0.5, 0.6) is 0 Å². The maximum Gasteiger partial charge on any atom is 0.336 e. The molecule has 2 aliphatic rings. The number of thioether (sulfide) groups is 1. The number of hydrogen-bond acceptors (Lipinski definition) is 3. The van der Waals surface area contributed by atoms with Gasteiger partial charge in [-0.25, -0.2) is 9.78 Å². The van der Waals surface area contributed by atoms with E-state index in [0.29, 0.717) is 11.5 Å². The third-order valence-electron chi connectivity index (χ3n) is 3.89. The summed E-state index contributed by atoms with van der Waals surface area (Å²) in [6.07, 6.45) is 10.8. The highest BCUT2D eigenvalue weighted by Crippen LogP contribution is 2.38. The van der Waals surface area contributed by atoms with Gasteiger partial charge >= 0.3 is 5.97 Å². The fourth-order valence-electron chi connectivity index (χ4n) is 2.62. The zero-order valence-corrected chi connectivity index (χ0v) is 12.2. The summed E-state index contributed by atoms with van der Waals surface area (Å²) < 4.78 is 0. The molecule has 0 atom stereocenters. The number of nitrogens with zero attached hydrogens (tertiary/aromatic N) is 1. The van der Waals surface area contributed by atoms with E-state index in [1.165, 1.54) is 25.7 Å². The number of carbonyl (C=O) groups is 1. The summed E-state index contributed by atoms with van der Waals surface area (Å²) in [7, 11) is 0. The molecule has 0 unspecified atom stereocenters. The molecule has 3 rings (SSSR count). The van der Waals surface area contributed by atoms with Crippen LogP contribution in [0.3, 0.4) is 0 Å². The van der Waals surface area contributed by atoms with Gasteiger partial charge < -0.3 is 5.11 Å². The van der Waals surface area contributed by atoms with Crippen molar-refractivity contribution in [3.63, 3.8) is 0 Å². The van der Waals surface area contributed by atoms with E-state index in [4.69, 9.17) is 0 Å². The van der Waals surface area contributed by atoms with E-state index in [1.807, 2.05) is 18.2 Å². The predicted molar refractivity (Wildman–Crippen MR) is 80.7 cm³/mol. The van der Waals surface area contributed by atoms with Gasteiger partial charge in [-0.2, -0.15) is 0 Å². The molecule has 2 saturated carbocycles. The molecule has 1 N–H and O–H groups in total. The largest absolute Gasteiger partial charge is 0.478 e. The van der Waals surface area contributed by atoms with Crippen LogP contribution >= 0.6 is 11.8 Å². The third kappa shape index (κ3) is 3.42. The van der Waals surface area contributed by atoms with Crippen molar-refractivity contribution in [1.82, 2.24) is 4.98 Å². The van der Waals surface area contributed by atoms with Gasteiger partial charge in [-0.15, -0.1) is 11.8 Å². The molecule has 20 heavy (non-hydrogen) atoms. The standard InChI is InChI=1S/C16H19NO2S/c18-16(19)14(9-11-3-1-2-4-11)12-5-8-15(17-10-12)20-13-6-7-13/h5,8-11,13H,1-4,6-7H2,(H,18,19). The Bertz CT molecular complexity index is 514. The Morgan fingerprint density at radius 1 is 1.25 bits per heavy atom. The minimum absolute atomic E-state index is 0.410. The minimum atomic E-state index is -0.846. The number of allylic oxidation sites excluding steroid dienone is 1. The van der Waals surface area contributed by atoms with Crippen LogP contribution in [-0.4, -0.2) is 21.3 Å². The molecule has 0 amide bonds. The summed E-state index contributed by atoms with van der Waals surface area (Å²) in [6.45, 7) is 0. The number of carboxylic acid groups (broad SMARTS) is 1. The van der Waals surface area contributed by atoms with Crippen LogP contribution < -0.4 is 0 Å². The van der Waals surface area contributed by atoms with Gasteiger partial charge in [-0.1, -0.05) is 18.9 Å². The highest BCUT2D eigenvalue weighted by Gasteiger charge is 2.23. The smallest absolute Gasteiger partial charge is 0.336 e. The van der Waals surface area contributed by atoms with Gasteiger partial charge in [-0.05, 0) is 43.7 Å². The molecule has 0 spiro atoms. The number of hydrogen-bond donors (Lipinski definition) is 1. The first kappa shape index (κ1) is 13.7. The fraction of sp³-hybridized carbons (Fsp3) is 0.500. The lowest BCUT2D eigenvalue weighted by Gasteiger charge is -2.07. The van der Waals surface area contributed by atoms with Gasteiger partial charge in [0.1, 0.15) is 0 Å². The fourth-order valence-corrected chi connectivity index (χ4v) is 3.59. The summed E-state index contributed by atoms with van der Waals surface area (Å²) in [4.78, 5) is 15.9. The topological polar surface area (TPSA) is 50.2 Å². The van der Waals surface area contributed by atoms with Crippen LogP contribution in [-0.2, 0) is 4.79 Å². The number of aliphatic carboxylic acids is 1. The van der Waals surface area contributed by atoms with E-state index in [2.05, 4.69) is 4.98 Å². The molecule has 106 valence electrons. The van der Waals surface area contributed by atoms with Crippen LogP contribution in [0, 0.1) is 5.92 Å². The molecular formula is C16H19NO2S. The first-order valence-corrected chi connectivity index (χ1v) is 8.18. The molecule has 0 aliphatic heterocycles. The third-order valence-corrected chi connectivity index (χ3v) is 5.18. The van der Waals surface area contributed by atoms with Gasteiger partial charge in [0.05, 0.1) is 10.6 Å². The Morgan fingerprint density at radius 2 is 2.00 bits per heavy atom. The average Bonchev–Trinajstić information content (AvgIpc) is 3.10. The van der Waals surface area contributed by atoms with Gasteiger partial charge in [0, 0.05) is 17.0 Å². The molecular weight excluding hydrogens is 270 g/mol. The van der Waals surface area contributed by atoms with E-state index < -0.39 is 5.97 Å². The Morgan fingerprint density at radius 3 is 2.55 bits per heavy atom. The molecule has 0 aromatic carbocycles. The molecule has 1 heterocycles. The zero-order chi connectivity index (χ0) is 13.9. The van der Waals surface area contributed by atoms with E-state index in [1.54, 1.807) is 18.0 Å². The number of pyridine rings is 1. The highest BCUT2D eigenvalue weighted by atomic mass is 32.2. The lowest BCUT2D eigenvalue weighted by molar-refractivity contribution is -0.130. The molecule has 0 saturated heterocycles. The molecule has 2 fully saturated rings. The molecule has 1 aromatic rings. The second-order valence-corrected chi connectivity index (χ2v) is 6.95. The second-order valence-electron chi connectivity index (χ2n) is 5.63. The van der Waals surface area contributed by atoms with Gasteiger partial charge in [-0.3, -0.25) is 0 Å². The highest BCUT2D eigenvalue weighted by molar-refractivity contribution is 8.00. The maximum absolute atomic E-state index is 11.5. The summed E-state index contributed by atoms with van der Waals surface area (Å²) in [5.74, 6) is -0.428. The van der Waals surface area contributed by atoms with Crippen LogP contribution in [0.1, 0.15) is 44.1 Å². The van der Waals surface area contributed by atoms with E-state index >= 15 is 0 Å². The normalized spacial score (nSPS) is 20.3. The first-order valence-electron chi connectivity index (χ1n) is 7.30. The van der Waals surface area contributed by atoms with Crippen molar-refractivity contribution >= 4 is 23.3 Å². The van der Waals surface area contributed by atoms with Gasteiger partial charge in [0.15, 0.2) is 0 Å². The van der Waals surface area contributed by atoms with E-state index in [0.717, 1.165) is 28.7 Å². The van der Waals surface area contributed by atoms with Crippen LogP contribution in [0.4, 0.5) is 0 Å². The lowest BCUT2D eigenvalue weighted by Crippen LogP contribution is -2.03. The number of aromatic nitrogens is 1. The first-order chi connectivity index (χ1) is 9.72. The van der Waals surface area contributed by atoms with Crippen molar-refractivity contribution in [2.75, 3.05) is 0 Å². The Balaban J connectivity index is 1.77. The predicted octanol–water partition coefficient (Wildman–Crippen LogP) is 3.99. The average molecular weight is 289 g/mol. The van der Waals surface area contributed by atoms with E-state index in [-0.39, 0.29) is 0 Å². The van der Waals surface area contributed by atoms with Crippen LogP contribution in [0.2, 0.25) is 0 Å². The minimum Gasteiger partial charge on any atom is -0.478 e. The molecule has 3 nitrogen and oxygen atoms in total. The molecule has 1 aromatic heterocycles. The van der Waals surface area contributed by atoms with Crippen molar-refractivity contribution in [3.05, 3.63) is 30.0 Å². The number of rotatable bonds is 5. The van der Waals surface area contributed by atoms with Crippen molar-refractivity contribution in [2.24, 2.45) is 5.92 Å². The maximum atomic E-state index is 11.5. The Kier molecular flexibility index (Phi) is 4.10. The molecule has 2 aliphatic carbocycles. The summed E-state index contributed by atoms with van der Waals surface area (Å²) in [6, 6.07) is 3.84. The van der Waals surface area contributed by atoms with Crippen LogP contribution in [0.15, 0.2) is 29.4 Å². The van der Waals surface area contributed by atoms with Gasteiger partial charge in [0.2, 0.25) is 0 Å². The quantitative estimate of drug-likeness (QED) is 0.833. The molecule has 0 bridgehead atoms. The van der Waals surface area contributed by atoms with Crippen LogP contribution in [0.25, 0.3) is 5.57 Å². The molecule has 4 heteroatoms. The molecule has 0 radical (unpaired) electrons. The lowest BCUT2D eigenvalue weighted by atomic mass is 10.00. The Labute approximate surface area is 123 Å². The zero-order valence-electron chi connectivity index (χ0n) is 11.4.